The number of aromatic nitrogens is 2. The Bertz CT molecular complexity index is 737. The Labute approximate surface area is 141 Å². The van der Waals surface area contributed by atoms with E-state index in [0.29, 0.717) is 0 Å². The average molecular weight is 358 g/mol. The first-order chi connectivity index (χ1) is 11.4. The molecule has 1 heterocycles. The number of amides is 1. The van der Waals surface area contributed by atoms with Gasteiger partial charge in [-0.05, 0) is 31.0 Å². The van der Waals surface area contributed by atoms with E-state index in [0.717, 1.165) is 16.8 Å². The lowest BCUT2D eigenvalue weighted by molar-refractivity contribution is -0.120. The van der Waals surface area contributed by atoms with Crippen LogP contribution in [0.4, 0.5) is 14.5 Å². The molecule has 0 bridgehead atoms. The van der Waals surface area contributed by atoms with E-state index >= 15 is 0 Å². The van der Waals surface area contributed by atoms with Crippen LogP contribution in [0.3, 0.4) is 0 Å². The zero-order chi connectivity index (χ0) is 17.9. The van der Waals surface area contributed by atoms with E-state index in [9.17, 15) is 13.6 Å². The molecule has 1 aromatic heterocycles. The van der Waals surface area contributed by atoms with Crippen molar-refractivity contribution in [2.24, 2.45) is 0 Å². The summed E-state index contributed by atoms with van der Waals surface area (Å²) in [5, 5.41) is 6.57. The molecule has 1 amide bonds. The van der Waals surface area contributed by atoms with Gasteiger partial charge in [-0.3, -0.25) is 4.79 Å². The van der Waals surface area contributed by atoms with Crippen LogP contribution in [-0.2, 0) is 4.79 Å². The quantitative estimate of drug-likeness (QED) is 0.742. The van der Waals surface area contributed by atoms with Crippen molar-refractivity contribution in [3.05, 3.63) is 29.3 Å². The van der Waals surface area contributed by atoms with E-state index in [2.05, 4.69) is 10.2 Å². The SMILES string of the molecule is COc1nnc(OCC(=O)N(C)c2cccc(C)c2C)[s+]1C(F)F. The summed E-state index contributed by atoms with van der Waals surface area (Å²) in [6, 6.07) is 5.60. The van der Waals surface area contributed by atoms with Crippen molar-refractivity contribution in [2.75, 3.05) is 25.7 Å². The molecule has 0 aliphatic rings. The molecule has 2 aromatic rings. The predicted octanol–water partition coefficient (Wildman–Crippen LogP) is 3.29. The molecule has 6 nitrogen and oxygen atoms in total. The van der Waals surface area contributed by atoms with Crippen molar-refractivity contribution in [3.63, 3.8) is 0 Å². The van der Waals surface area contributed by atoms with Crippen LogP contribution < -0.4 is 14.4 Å². The third-order valence-electron chi connectivity index (χ3n) is 3.57. The van der Waals surface area contributed by atoms with Crippen LogP contribution in [0.15, 0.2) is 18.2 Å². The number of alkyl halides is 2. The van der Waals surface area contributed by atoms with E-state index in [4.69, 9.17) is 9.47 Å². The number of hydrogen-bond donors (Lipinski definition) is 0. The smallest absolute Gasteiger partial charge is 0.440 e. The fourth-order valence-corrected chi connectivity index (χ4v) is 3.15. The number of methoxy groups -OCH3 is 1. The Hall–Kier alpha value is -2.29. The number of carbonyl (C=O) groups is 1. The van der Waals surface area contributed by atoms with Crippen LogP contribution in [0.1, 0.15) is 16.9 Å². The first kappa shape index (κ1) is 18.1. The van der Waals surface area contributed by atoms with Gasteiger partial charge in [0.1, 0.15) is 0 Å². The van der Waals surface area contributed by atoms with Crippen LogP contribution in [0.25, 0.3) is 0 Å². The van der Waals surface area contributed by atoms with E-state index in [-0.39, 0.29) is 16.3 Å². The first-order valence-electron chi connectivity index (χ1n) is 7.03. The van der Waals surface area contributed by atoms with Crippen molar-refractivity contribution in [2.45, 2.75) is 19.6 Å². The van der Waals surface area contributed by atoms with Gasteiger partial charge in [0.05, 0.1) is 7.11 Å². The molecule has 0 radical (unpaired) electrons. The average Bonchev–Trinajstić information content (AvgIpc) is 2.97. The molecule has 0 aliphatic heterocycles. The summed E-state index contributed by atoms with van der Waals surface area (Å²) in [7, 11) is 1.05. The Morgan fingerprint density at radius 3 is 2.58 bits per heavy atom. The van der Waals surface area contributed by atoms with Crippen molar-refractivity contribution in [1.29, 1.82) is 0 Å². The van der Waals surface area contributed by atoms with Crippen molar-refractivity contribution in [3.8, 4) is 10.4 Å². The summed E-state index contributed by atoms with van der Waals surface area (Å²) in [6.45, 7) is 3.44. The van der Waals surface area contributed by atoms with Crippen molar-refractivity contribution < 1.29 is 23.0 Å². The molecule has 0 aliphatic carbocycles. The summed E-state index contributed by atoms with van der Waals surface area (Å²) in [5.74, 6) is -3.13. The normalized spacial score (nSPS) is 11.5. The number of anilines is 1. The standard InChI is InChI=1S/C15H18F2N3O3S/c1-9-6-5-7-11(10(9)2)20(3)12(21)8-23-15-19-18-14(22-4)24(15)13(16)17/h5-7,13H,8H2,1-4H3/q+1. The third-order valence-corrected chi connectivity index (χ3v) is 5.13. The summed E-state index contributed by atoms with van der Waals surface area (Å²) in [6.07, 6.45) is 0. The molecule has 1 atom stereocenters. The molecule has 0 N–H and O–H groups in total. The van der Waals surface area contributed by atoms with Gasteiger partial charge in [-0.15, -0.1) is 0 Å². The minimum Gasteiger partial charge on any atom is -0.440 e. The van der Waals surface area contributed by atoms with Crippen molar-refractivity contribution >= 4 is 22.1 Å². The number of hydrogen-bond acceptors (Lipinski definition) is 5. The number of benzene rings is 1. The number of halogens is 2. The zero-order valence-electron chi connectivity index (χ0n) is 13.7. The highest BCUT2D eigenvalue weighted by Crippen LogP contribution is 2.48. The Morgan fingerprint density at radius 2 is 1.96 bits per heavy atom. The summed E-state index contributed by atoms with van der Waals surface area (Å²) < 4.78 is 36.1. The van der Waals surface area contributed by atoms with Gasteiger partial charge >= 0.3 is 16.1 Å². The summed E-state index contributed by atoms with van der Waals surface area (Å²) >= 11 is 0. The van der Waals surface area contributed by atoms with Crippen LogP contribution >= 0.6 is 10.5 Å². The zero-order valence-corrected chi connectivity index (χ0v) is 14.6. The number of nitrogens with zero attached hydrogens (tertiary/aromatic N) is 3. The van der Waals surface area contributed by atoms with E-state index in [1.165, 1.54) is 12.0 Å². The van der Waals surface area contributed by atoms with Gasteiger partial charge < -0.3 is 14.4 Å². The van der Waals surface area contributed by atoms with Crippen LogP contribution in [0.2, 0.25) is 0 Å². The second-order valence-corrected chi connectivity index (χ2v) is 6.73. The predicted molar refractivity (Wildman–Crippen MR) is 87.1 cm³/mol. The Balaban J connectivity index is 2.11. The molecule has 130 valence electrons. The maximum atomic E-state index is 13.1. The van der Waals surface area contributed by atoms with Crippen LogP contribution in [0, 0.1) is 13.8 Å². The number of likely N-dealkylation sites (N-methyl/N-ethyl adjacent to an activating group) is 1. The third kappa shape index (κ3) is 3.61. The second-order valence-electron chi connectivity index (χ2n) is 4.99. The lowest BCUT2D eigenvalue weighted by Crippen LogP contribution is -2.31. The molecule has 9 heteroatoms. The highest BCUT2D eigenvalue weighted by molar-refractivity contribution is 7.34. The molecule has 2 rings (SSSR count). The molecule has 0 fully saturated rings. The van der Waals surface area contributed by atoms with Crippen LogP contribution in [-0.4, -0.2) is 36.9 Å². The highest BCUT2D eigenvalue weighted by Gasteiger charge is 2.37. The number of aryl methyl sites for hydroxylation is 1. The van der Waals surface area contributed by atoms with Gasteiger partial charge in [-0.25, -0.2) is 0 Å². The fraction of sp³-hybridized carbons (Fsp3) is 0.400. The van der Waals surface area contributed by atoms with Gasteiger partial charge in [0.15, 0.2) is 17.1 Å². The van der Waals surface area contributed by atoms with E-state index in [1.807, 2.05) is 32.0 Å². The lowest BCUT2D eigenvalue weighted by Gasteiger charge is -2.20. The molecule has 0 saturated heterocycles. The van der Waals surface area contributed by atoms with Gasteiger partial charge in [0, 0.05) is 12.7 Å². The van der Waals surface area contributed by atoms with E-state index < -0.39 is 22.8 Å². The monoisotopic (exact) mass is 358 g/mol. The minimum atomic E-state index is -2.75. The fourth-order valence-electron chi connectivity index (χ4n) is 2.07. The number of rotatable bonds is 6. The largest absolute Gasteiger partial charge is 0.464 e. The summed E-state index contributed by atoms with van der Waals surface area (Å²) in [4.78, 5) is 13.7. The van der Waals surface area contributed by atoms with Gasteiger partial charge in [0.25, 0.3) is 5.91 Å². The van der Waals surface area contributed by atoms with E-state index in [1.54, 1.807) is 7.05 Å². The van der Waals surface area contributed by atoms with Crippen LogP contribution in [0.5, 0.6) is 10.4 Å². The van der Waals surface area contributed by atoms with Crippen molar-refractivity contribution in [1.82, 2.24) is 10.2 Å². The Kier molecular flexibility index (Phi) is 5.66. The number of ether oxygens (including phenoxy) is 2. The summed E-state index contributed by atoms with van der Waals surface area (Å²) in [5.41, 5.74) is 2.74. The minimum absolute atomic E-state index is 0.199. The van der Waals surface area contributed by atoms with Gasteiger partial charge in [0.2, 0.25) is 0 Å². The molecule has 0 spiro atoms. The highest BCUT2D eigenvalue weighted by atomic mass is 32.2. The number of carbonyl (C=O) groups excluding carboxylic acids is 1. The molecule has 0 saturated carbocycles. The maximum absolute atomic E-state index is 13.1. The Morgan fingerprint density at radius 1 is 1.29 bits per heavy atom. The molecule has 1 unspecified atom stereocenters. The first-order valence-corrected chi connectivity index (χ1v) is 8.32. The van der Waals surface area contributed by atoms with Gasteiger partial charge in [-0.2, -0.15) is 8.78 Å². The molecular formula is C15H18F2N3O3S+. The molecular weight excluding hydrogens is 340 g/mol. The topological polar surface area (TPSA) is 64.6 Å². The maximum Gasteiger partial charge on any atom is 0.464 e. The molecule has 24 heavy (non-hydrogen) atoms. The van der Waals surface area contributed by atoms with Gasteiger partial charge in [-0.1, -0.05) is 22.3 Å². The lowest BCUT2D eigenvalue weighted by atomic mass is 10.1. The molecule has 1 aromatic carbocycles. The second kappa shape index (κ2) is 7.52.